The third-order valence-corrected chi connectivity index (χ3v) is 5.50. The maximum Gasteiger partial charge on any atom is 0.229 e. The smallest absolute Gasteiger partial charge is 0.229 e. The van der Waals surface area contributed by atoms with E-state index >= 15 is 0 Å². The molecule has 1 unspecified atom stereocenters. The van der Waals surface area contributed by atoms with Gasteiger partial charge in [0.15, 0.2) is 0 Å². The summed E-state index contributed by atoms with van der Waals surface area (Å²) in [5, 5.41) is 5.36. The van der Waals surface area contributed by atoms with E-state index in [0.29, 0.717) is 19.5 Å². The first-order chi connectivity index (χ1) is 11.0. The van der Waals surface area contributed by atoms with Gasteiger partial charge in [0.2, 0.25) is 5.91 Å². The number of carbonyl (C=O) groups is 1. The van der Waals surface area contributed by atoms with Gasteiger partial charge in [0.05, 0.1) is 24.4 Å². The normalized spacial score (nSPS) is 17.1. The SMILES string of the molecule is CCN(Cc1nc2c(s1)CC(C)CC2)C(=O)Cc1ccn(C)n1. The Bertz CT molecular complexity index is 691. The Morgan fingerprint density at radius 3 is 3.04 bits per heavy atom. The highest BCUT2D eigenvalue weighted by Gasteiger charge is 2.21. The number of hydrogen-bond acceptors (Lipinski definition) is 4. The van der Waals surface area contributed by atoms with Crippen LogP contribution in [0.2, 0.25) is 0 Å². The van der Waals surface area contributed by atoms with Crippen LogP contribution in [0.15, 0.2) is 12.3 Å². The fourth-order valence-corrected chi connectivity index (χ4v) is 4.32. The van der Waals surface area contributed by atoms with Gasteiger partial charge in [-0.1, -0.05) is 6.92 Å². The predicted octanol–water partition coefficient (Wildman–Crippen LogP) is 2.59. The molecule has 2 aromatic heterocycles. The largest absolute Gasteiger partial charge is 0.336 e. The van der Waals surface area contributed by atoms with Gasteiger partial charge in [-0.05, 0) is 38.2 Å². The number of aromatic nitrogens is 3. The number of amides is 1. The zero-order valence-electron chi connectivity index (χ0n) is 14.1. The summed E-state index contributed by atoms with van der Waals surface area (Å²) < 4.78 is 1.73. The second-order valence-electron chi connectivity index (χ2n) is 6.39. The highest BCUT2D eigenvalue weighted by atomic mass is 32.1. The van der Waals surface area contributed by atoms with Crippen LogP contribution in [0.1, 0.15) is 41.5 Å². The van der Waals surface area contributed by atoms with Gasteiger partial charge in [-0.3, -0.25) is 9.48 Å². The van der Waals surface area contributed by atoms with Gasteiger partial charge in [0.1, 0.15) is 5.01 Å². The molecule has 23 heavy (non-hydrogen) atoms. The molecule has 124 valence electrons. The molecule has 0 bridgehead atoms. The van der Waals surface area contributed by atoms with Crippen molar-refractivity contribution in [3.63, 3.8) is 0 Å². The Balaban J connectivity index is 1.66. The Hall–Kier alpha value is -1.69. The molecule has 5 nitrogen and oxygen atoms in total. The van der Waals surface area contributed by atoms with Gasteiger partial charge < -0.3 is 4.90 Å². The predicted molar refractivity (Wildman–Crippen MR) is 91.3 cm³/mol. The van der Waals surface area contributed by atoms with E-state index in [2.05, 4.69) is 12.0 Å². The average molecular weight is 332 g/mol. The van der Waals surface area contributed by atoms with Crippen molar-refractivity contribution in [2.75, 3.05) is 6.54 Å². The number of thiazole rings is 1. The van der Waals surface area contributed by atoms with Gasteiger partial charge in [-0.15, -0.1) is 11.3 Å². The van der Waals surface area contributed by atoms with E-state index in [-0.39, 0.29) is 5.91 Å². The summed E-state index contributed by atoms with van der Waals surface area (Å²) in [6, 6.07) is 1.90. The minimum Gasteiger partial charge on any atom is -0.336 e. The zero-order chi connectivity index (χ0) is 16.4. The maximum absolute atomic E-state index is 12.5. The van der Waals surface area contributed by atoms with Gasteiger partial charge in [-0.2, -0.15) is 5.10 Å². The highest BCUT2D eigenvalue weighted by molar-refractivity contribution is 7.11. The Morgan fingerprint density at radius 1 is 1.52 bits per heavy atom. The third-order valence-electron chi connectivity index (χ3n) is 4.39. The van der Waals surface area contributed by atoms with Crippen molar-refractivity contribution in [1.82, 2.24) is 19.7 Å². The molecule has 0 radical (unpaired) electrons. The number of carbonyl (C=O) groups excluding carboxylic acids is 1. The van der Waals surface area contributed by atoms with Crippen molar-refractivity contribution >= 4 is 17.2 Å². The Kier molecular flexibility index (Phi) is 4.80. The molecule has 1 aliphatic rings. The third kappa shape index (κ3) is 3.80. The second kappa shape index (κ2) is 6.83. The van der Waals surface area contributed by atoms with Gasteiger partial charge in [0.25, 0.3) is 0 Å². The topological polar surface area (TPSA) is 51.0 Å². The van der Waals surface area contributed by atoms with Crippen LogP contribution in [-0.4, -0.2) is 32.1 Å². The van der Waals surface area contributed by atoms with Crippen molar-refractivity contribution in [2.24, 2.45) is 13.0 Å². The summed E-state index contributed by atoms with van der Waals surface area (Å²) in [6.07, 6.45) is 5.68. The molecule has 0 saturated carbocycles. The molecule has 2 aromatic rings. The second-order valence-corrected chi connectivity index (χ2v) is 7.56. The lowest BCUT2D eigenvalue weighted by atomic mass is 9.93. The minimum absolute atomic E-state index is 0.118. The fraction of sp³-hybridized carbons (Fsp3) is 0.588. The van der Waals surface area contributed by atoms with Crippen LogP contribution < -0.4 is 0 Å². The number of nitrogens with zero attached hydrogens (tertiary/aromatic N) is 4. The summed E-state index contributed by atoms with van der Waals surface area (Å²) in [4.78, 5) is 20.6. The summed E-state index contributed by atoms with van der Waals surface area (Å²) in [5.41, 5.74) is 2.08. The standard InChI is InChI=1S/C17H24N4OS/c1-4-21(17(22)10-13-7-8-20(3)19-13)11-16-18-14-6-5-12(2)9-15(14)23-16/h7-8,12H,4-6,9-11H2,1-3H3. The molecule has 1 atom stereocenters. The van der Waals surface area contributed by atoms with E-state index in [4.69, 9.17) is 4.98 Å². The lowest BCUT2D eigenvalue weighted by Crippen LogP contribution is -2.31. The zero-order valence-corrected chi connectivity index (χ0v) is 14.9. The van der Waals surface area contributed by atoms with Crippen LogP contribution in [0.4, 0.5) is 0 Å². The lowest BCUT2D eigenvalue weighted by molar-refractivity contribution is -0.130. The van der Waals surface area contributed by atoms with Crippen molar-refractivity contribution in [1.29, 1.82) is 0 Å². The van der Waals surface area contributed by atoms with Crippen LogP contribution in [0.5, 0.6) is 0 Å². The van der Waals surface area contributed by atoms with E-state index in [9.17, 15) is 4.79 Å². The number of aryl methyl sites for hydroxylation is 2. The molecule has 0 spiro atoms. The van der Waals surface area contributed by atoms with Crippen molar-refractivity contribution in [3.05, 3.63) is 33.5 Å². The van der Waals surface area contributed by atoms with E-state index in [1.54, 1.807) is 16.0 Å². The van der Waals surface area contributed by atoms with Crippen molar-refractivity contribution in [3.8, 4) is 0 Å². The summed E-state index contributed by atoms with van der Waals surface area (Å²) in [7, 11) is 1.87. The molecule has 0 fully saturated rings. The van der Waals surface area contributed by atoms with E-state index < -0.39 is 0 Å². The first-order valence-corrected chi connectivity index (χ1v) is 9.10. The van der Waals surface area contributed by atoms with Crippen LogP contribution in [0, 0.1) is 5.92 Å². The fourth-order valence-electron chi connectivity index (χ4n) is 3.02. The number of rotatable bonds is 5. The Labute approximate surface area is 141 Å². The summed E-state index contributed by atoms with van der Waals surface area (Å²) in [6.45, 7) is 5.64. The molecule has 1 aliphatic carbocycles. The quantitative estimate of drug-likeness (QED) is 0.846. The van der Waals surface area contributed by atoms with E-state index in [1.165, 1.54) is 17.0 Å². The molecule has 0 aliphatic heterocycles. The minimum atomic E-state index is 0.118. The van der Waals surface area contributed by atoms with Gasteiger partial charge >= 0.3 is 0 Å². The summed E-state index contributed by atoms with van der Waals surface area (Å²) in [5.74, 6) is 0.872. The maximum atomic E-state index is 12.5. The van der Waals surface area contributed by atoms with Crippen LogP contribution in [-0.2, 0) is 37.6 Å². The molecule has 6 heteroatoms. The lowest BCUT2D eigenvalue weighted by Gasteiger charge is -2.19. The molecule has 0 aromatic carbocycles. The van der Waals surface area contributed by atoms with Gasteiger partial charge in [-0.25, -0.2) is 4.98 Å². The Morgan fingerprint density at radius 2 is 2.35 bits per heavy atom. The molecular weight excluding hydrogens is 308 g/mol. The molecule has 0 N–H and O–H groups in total. The first-order valence-electron chi connectivity index (χ1n) is 8.29. The van der Waals surface area contributed by atoms with E-state index in [0.717, 1.165) is 29.5 Å². The summed E-state index contributed by atoms with van der Waals surface area (Å²) >= 11 is 1.79. The van der Waals surface area contributed by atoms with Crippen LogP contribution in [0.25, 0.3) is 0 Å². The monoisotopic (exact) mass is 332 g/mol. The van der Waals surface area contributed by atoms with Crippen LogP contribution in [0.3, 0.4) is 0 Å². The molecule has 1 amide bonds. The first kappa shape index (κ1) is 16.2. The van der Waals surface area contributed by atoms with Crippen molar-refractivity contribution < 1.29 is 4.79 Å². The van der Waals surface area contributed by atoms with E-state index in [1.807, 2.05) is 31.1 Å². The van der Waals surface area contributed by atoms with Crippen LogP contribution >= 0.6 is 11.3 Å². The molecule has 2 heterocycles. The number of fused-ring (bicyclic) bond motifs is 1. The number of hydrogen-bond donors (Lipinski definition) is 0. The molecule has 0 saturated heterocycles. The number of likely N-dealkylation sites (N-methyl/N-ethyl adjacent to an activating group) is 1. The van der Waals surface area contributed by atoms with Crippen molar-refractivity contribution in [2.45, 2.75) is 46.1 Å². The molecular formula is C17H24N4OS. The van der Waals surface area contributed by atoms with Gasteiger partial charge in [0, 0.05) is 24.7 Å². The highest BCUT2D eigenvalue weighted by Crippen LogP contribution is 2.30. The average Bonchev–Trinajstić information content (AvgIpc) is 3.09. The molecule has 3 rings (SSSR count).